The predicted octanol–water partition coefficient (Wildman–Crippen LogP) is 2.34. The highest BCUT2D eigenvalue weighted by atomic mass is 16.3. The van der Waals surface area contributed by atoms with Crippen molar-refractivity contribution in [3.8, 4) is 11.5 Å². The van der Waals surface area contributed by atoms with Gasteiger partial charge in [-0.15, -0.1) is 0 Å². The molecule has 0 saturated carbocycles. The molecule has 17 heavy (non-hydrogen) atoms. The Morgan fingerprint density at radius 1 is 0.941 bits per heavy atom. The lowest BCUT2D eigenvalue weighted by Gasteiger charge is -2.12. The number of phenols is 2. The fraction of sp³-hybridized carbons (Fsp3) is 0.143. The van der Waals surface area contributed by atoms with Gasteiger partial charge in [0.2, 0.25) is 0 Å². The van der Waals surface area contributed by atoms with Crippen molar-refractivity contribution in [2.75, 3.05) is 0 Å². The van der Waals surface area contributed by atoms with Gasteiger partial charge in [0.15, 0.2) is 11.5 Å². The van der Waals surface area contributed by atoms with E-state index in [9.17, 15) is 10.2 Å². The van der Waals surface area contributed by atoms with Crippen LogP contribution in [0.25, 0.3) is 0 Å². The first kappa shape index (κ1) is 11.5. The molecule has 88 valence electrons. The minimum atomic E-state index is -0.191. The molecule has 1 atom stereocenters. The standard InChI is InChI=1S/C14H15NO2/c15-12(8-10-4-2-1-3-5-10)11-6-7-13(16)14(17)9-11/h1-7,9,12,16-17H,8,15H2. The van der Waals surface area contributed by atoms with E-state index in [2.05, 4.69) is 0 Å². The molecule has 2 aromatic carbocycles. The van der Waals surface area contributed by atoms with Gasteiger partial charge < -0.3 is 15.9 Å². The quantitative estimate of drug-likeness (QED) is 0.708. The molecule has 0 aromatic heterocycles. The Balaban J connectivity index is 2.14. The first-order valence-electron chi connectivity index (χ1n) is 5.48. The lowest BCUT2D eigenvalue weighted by atomic mass is 9.99. The SMILES string of the molecule is NC(Cc1ccccc1)c1ccc(O)c(O)c1. The molecule has 0 bridgehead atoms. The summed E-state index contributed by atoms with van der Waals surface area (Å²) in [6, 6.07) is 14.4. The normalized spacial score (nSPS) is 12.3. The van der Waals surface area contributed by atoms with E-state index in [4.69, 9.17) is 5.73 Å². The van der Waals surface area contributed by atoms with Crippen molar-refractivity contribution >= 4 is 0 Å². The molecular formula is C14H15NO2. The summed E-state index contributed by atoms with van der Waals surface area (Å²) in [6.45, 7) is 0. The third-order valence-corrected chi connectivity index (χ3v) is 2.73. The van der Waals surface area contributed by atoms with E-state index in [1.54, 1.807) is 6.07 Å². The van der Waals surface area contributed by atoms with Crippen LogP contribution in [0.1, 0.15) is 17.2 Å². The van der Waals surface area contributed by atoms with Crippen molar-refractivity contribution in [2.24, 2.45) is 5.73 Å². The van der Waals surface area contributed by atoms with Crippen LogP contribution in [0.3, 0.4) is 0 Å². The number of hydrogen-bond donors (Lipinski definition) is 3. The highest BCUT2D eigenvalue weighted by molar-refractivity contribution is 5.41. The molecule has 0 aliphatic carbocycles. The van der Waals surface area contributed by atoms with Crippen LogP contribution in [-0.4, -0.2) is 10.2 Å². The molecule has 3 nitrogen and oxygen atoms in total. The van der Waals surface area contributed by atoms with Crippen LogP contribution in [0.15, 0.2) is 48.5 Å². The zero-order valence-corrected chi connectivity index (χ0v) is 9.38. The van der Waals surface area contributed by atoms with E-state index < -0.39 is 0 Å². The van der Waals surface area contributed by atoms with Gasteiger partial charge in [-0.1, -0.05) is 36.4 Å². The van der Waals surface area contributed by atoms with Crippen molar-refractivity contribution in [1.29, 1.82) is 0 Å². The summed E-state index contributed by atoms with van der Waals surface area (Å²) in [5.41, 5.74) is 8.01. The van der Waals surface area contributed by atoms with Crippen LogP contribution < -0.4 is 5.73 Å². The Morgan fingerprint density at radius 3 is 2.29 bits per heavy atom. The topological polar surface area (TPSA) is 66.5 Å². The molecular weight excluding hydrogens is 214 g/mol. The Bertz CT molecular complexity index is 497. The molecule has 0 spiro atoms. The van der Waals surface area contributed by atoms with Crippen molar-refractivity contribution < 1.29 is 10.2 Å². The summed E-state index contributed by atoms with van der Waals surface area (Å²) in [4.78, 5) is 0. The van der Waals surface area contributed by atoms with Gasteiger partial charge in [0, 0.05) is 6.04 Å². The van der Waals surface area contributed by atoms with Gasteiger partial charge in [-0.2, -0.15) is 0 Å². The van der Waals surface area contributed by atoms with Gasteiger partial charge in [0.1, 0.15) is 0 Å². The molecule has 1 unspecified atom stereocenters. The highest BCUT2D eigenvalue weighted by Crippen LogP contribution is 2.28. The minimum Gasteiger partial charge on any atom is -0.504 e. The van der Waals surface area contributed by atoms with Crippen LogP contribution >= 0.6 is 0 Å². The highest BCUT2D eigenvalue weighted by Gasteiger charge is 2.09. The van der Waals surface area contributed by atoms with Gasteiger partial charge >= 0.3 is 0 Å². The third kappa shape index (κ3) is 2.77. The number of nitrogens with two attached hydrogens (primary N) is 1. The van der Waals surface area contributed by atoms with Crippen LogP contribution in [0, 0.1) is 0 Å². The summed E-state index contributed by atoms with van der Waals surface area (Å²) >= 11 is 0. The minimum absolute atomic E-state index is 0.124. The van der Waals surface area contributed by atoms with Crippen molar-refractivity contribution in [3.63, 3.8) is 0 Å². The Morgan fingerprint density at radius 2 is 1.65 bits per heavy atom. The van der Waals surface area contributed by atoms with E-state index >= 15 is 0 Å². The molecule has 3 heteroatoms. The van der Waals surface area contributed by atoms with Crippen LogP contribution in [0.2, 0.25) is 0 Å². The zero-order valence-electron chi connectivity index (χ0n) is 9.38. The van der Waals surface area contributed by atoms with Crippen molar-refractivity contribution in [2.45, 2.75) is 12.5 Å². The summed E-state index contributed by atoms with van der Waals surface area (Å²) in [6.07, 6.45) is 0.699. The molecule has 2 rings (SSSR count). The first-order valence-corrected chi connectivity index (χ1v) is 5.48. The van der Waals surface area contributed by atoms with E-state index in [0.717, 1.165) is 11.1 Å². The largest absolute Gasteiger partial charge is 0.504 e. The van der Waals surface area contributed by atoms with Crippen LogP contribution in [0.4, 0.5) is 0 Å². The molecule has 0 amide bonds. The molecule has 0 radical (unpaired) electrons. The summed E-state index contributed by atoms with van der Waals surface area (Å²) in [5.74, 6) is -0.258. The second-order valence-corrected chi connectivity index (χ2v) is 4.04. The lowest BCUT2D eigenvalue weighted by Crippen LogP contribution is -2.13. The maximum Gasteiger partial charge on any atom is 0.157 e. The maximum atomic E-state index is 9.41. The number of benzene rings is 2. The zero-order chi connectivity index (χ0) is 12.3. The van der Waals surface area contributed by atoms with E-state index in [1.165, 1.54) is 12.1 Å². The Kier molecular flexibility index (Phi) is 3.30. The fourth-order valence-electron chi connectivity index (χ4n) is 1.76. The fourth-order valence-corrected chi connectivity index (χ4v) is 1.76. The van der Waals surface area contributed by atoms with Crippen molar-refractivity contribution in [1.82, 2.24) is 0 Å². The molecule has 0 aliphatic rings. The number of phenolic OH excluding ortho intramolecular Hbond substituents is 2. The first-order chi connectivity index (χ1) is 8.16. The average molecular weight is 229 g/mol. The van der Waals surface area contributed by atoms with E-state index in [-0.39, 0.29) is 17.5 Å². The van der Waals surface area contributed by atoms with E-state index in [1.807, 2.05) is 30.3 Å². The van der Waals surface area contributed by atoms with Crippen molar-refractivity contribution in [3.05, 3.63) is 59.7 Å². The predicted molar refractivity (Wildman–Crippen MR) is 66.8 cm³/mol. The van der Waals surface area contributed by atoms with Gasteiger partial charge in [-0.3, -0.25) is 0 Å². The Labute approximate surface area is 100 Å². The molecule has 0 fully saturated rings. The monoisotopic (exact) mass is 229 g/mol. The van der Waals surface area contributed by atoms with Gasteiger partial charge in [0.25, 0.3) is 0 Å². The Hall–Kier alpha value is -2.00. The number of hydrogen-bond acceptors (Lipinski definition) is 3. The van der Waals surface area contributed by atoms with Crippen LogP contribution in [-0.2, 0) is 6.42 Å². The second-order valence-electron chi connectivity index (χ2n) is 4.04. The van der Waals surface area contributed by atoms with E-state index in [0.29, 0.717) is 6.42 Å². The van der Waals surface area contributed by atoms with Gasteiger partial charge in [0.05, 0.1) is 0 Å². The summed E-state index contributed by atoms with van der Waals surface area (Å²) in [5, 5.41) is 18.6. The molecule has 2 aromatic rings. The molecule has 4 N–H and O–H groups in total. The molecule has 0 heterocycles. The smallest absolute Gasteiger partial charge is 0.157 e. The molecule has 0 saturated heterocycles. The van der Waals surface area contributed by atoms with Crippen LogP contribution in [0.5, 0.6) is 11.5 Å². The number of rotatable bonds is 3. The average Bonchev–Trinajstić information content (AvgIpc) is 2.34. The number of aromatic hydroxyl groups is 2. The molecule has 0 aliphatic heterocycles. The summed E-state index contributed by atoms with van der Waals surface area (Å²) < 4.78 is 0. The maximum absolute atomic E-state index is 9.41. The van der Waals surface area contributed by atoms with Gasteiger partial charge in [-0.05, 0) is 29.7 Å². The summed E-state index contributed by atoms with van der Waals surface area (Å²) in [7, 11) is 0. The third-order valence-electron chi connectivity index (χ3n) is 2.73. The lowest BCUT2D eigenvalue weighted by molar-refractivity contribution is 0.402. The second kappa shape index (κ2) is 4.89. The van der Waals surface area contributed by atoms with Gasteiger partial charge in [-0.25, -0.2) is 0 Å².